The van der Waals surface area contributed by atoms with E-state index in [1.54, 1.807) is 32.6 Å². The number of fused-ring (bicyclic) bond motifs is 2. The zero-order chi connectivity index (χ0) is 27.0. The van der Waals surface area contributed by atoms with E-state index in [1.165, 1.54) is 0 Å². The number of rotatable bonds is 10. The van der Waals surface area contributed by atoms with Gasteiger partial charge in [-0.05, 0) is 100 Å². The zero-order valence-electron chi connectivity index (χ0n) is 21.3. The van der Waals surface area contributed by atoms with Crippen LogP contribution in [0.15, 0.2) is 63.8 Å². The third-order valence-corrected chi connectivity index (χ3v) is 8.53. The molecule has 4 N–H and O–H groups in total. The van der Waals surface area contributed by atoms with Gasteiger partial charge in [0.05, 0.1) is 12.5 Å². The van der Waals surface area contributed by atoms with Crippen molar-refractivity contribution in [2.24, 2.45) is 0 Å². The summed E-state index contributed by atoms with van der Waals surface area (Å²) in [5, 5.41) is 31.5. The van der Waals surface area contributed by atoms with Crippen LogP contribution in [-0.4, -0.2) is 40.2 Å². The number of benzene rings is 2. The van der Waals surface area contributed by atoms with Crippen LogP contribution >= 0.6 is 34.8 Å². The molecular weight excluding hydrogens is 535 g/mol. The summed E-state index contributed by atoms with van der Waals surface area (Å²) in [4.78, 5) is 0. The van der Waals surface area contributed by atoms with Crippen molar-refractivity contribution in [3.8, 4) is 0 Å². The van der Waals surface area contributed by atoms with E-state index in [2.05, 4.69) is 10.6 Å². The molecule has 0 fully saturated rings. The minimum Gasteiger partial charge on any atom is -0.464 e. The Balaban J connectivity index is 1.67. The van der Waals surface area contributed by atoms with E-state index < -0.39 is 21.0 Å². The fourth-order valence-electron chi connectivity index (χ4n) is 5.06. The zero-order valence-corrected chi connectivity index (χ0v) is 23.6. The first-order chi connectivity index (χ1) is 17.5. The molecule has 0 aliphatic heterocycles. The van der Waals surface area contributed by atoms with Gasteiger partial charge in [0.2, 0.25) is 3.79 Å². The van der Waals surface area contributed by atoms with Gasteiger partial charge >= 0.3 is 0 Å². The van der Waals surface area contributed by atoms with Crippen LogP contribution in [0.1, 0.15) is 43.4 Å². The molecule has 0 amide bonds. The highest BCUT2D eigenvalue weighted by atomic mass is 35.6. The van der Waals surface area contributed by atoms with Gasteiger partial charge < -0.3 is 29.7 Å². The Labute approximate surface area is 231 Å². The van der Waals surface area contributed by atoms with Gasteiger partial charge in [0.25, 0.3) is 0 Å². The average Bonchev–Trinajstić information content (AvgIpc) is 3.55. The van der Waals surface area contributed by atoms with Gasteiger partial charge in [-0.1, -0.05) is 40.9 Å². The fraction of sp³-hybridized carbons (Fsp3) is 0.429. The normalized spacial score (nSPS) is 17.5. The summed E-state index contributed by atoms with van der Waals surface area (Å²) in [5.74, 6) is 0. The van der Waals surface area contributed by atoms with Crippen LogP contribution < -0.4 is 10.6 Å². The molecule has 9 heteroatoms. The van der Waals surface area contributed by atoms with Gasteiger partial charge in [0.1, 0.15) is 16.8 Å². The minimum atomic E-state index is -1.99. The van der Waals surface area contributed by atoms with Crippen molar-refractivity contribution in [2.75, 3.05) is 14.1 Å². The van der Waals surface area contributed by atoms with Gasteiger partial charge in [0.15, 0.2) is 5.60 Å². The number of alkyl halides is 3. The molecule has 4 aromatic rings. The second kappa shape index (κ2) is 10.8. The maximum atomic E-state index is 11.9. The van der Waals surface area contributed by atoms with Crippen molar-refractivity contribution in [2.45, 2.75) is 60.2 Å². The molecule has 0 radical (unpaired) electrons. The number of nitrogens with one attached hydrogen (secondary N) is 2. The Hall–Kier alpha value is -1.77. The van der Waals surface area contributed by atoms with Crippen LogP contribution in [0, 0.1) is 0 Å². The molecule has 4 unspecified atom stereocenters. The molecule has 4 atom stereocenters. The molecule has 4 rings (SSSR count). The molecule has 200 valence electrons. The van der Waals surface area contributed by atoms with Gasteiger partial charge in [-0.25, -0.2) is 0 Å². The first-order valence-corrected chi connectivity index (χ1v) is 13.4. The van der Waals surface area contributed by atoms with Crippen molar-refractivity contribution in [3.05, 3.63) is 71.7 Å². The van der Waals surface area contributed by atoms with Crippen molar-refractivity contribution < 1.29 is 19.0 Å². The summed E-state index contributed by atoms with van der Waals surface area (Å²) < 4.78 is 9.27. The van der Waals surface area contributed by atoms with E-state index in [0.717, 1.165) is 27.5 Å². The van der Waals surface area contributed by atoms with E-state index in [0.29, 0.717) is 30.4 Å². The third kappa shape index (κ3) is 5.13. The van der Waals surface area contributed by atoms with Gasteiger partial charge in [-0.3, -0.25) is 0 Å². The summed E-state index contributed by atoms with van der Waals surface area (Å²) >= 11 is 18.9. The molecule has 0 aliphatic rings. The Kier molecular flexibility index (Phi) is 8.22. The maximum absolute atomic E-state index is 11.9. The smallest absolute Gasteiger partial charge is 0.224 e. The third-order valence-electron chi connectivity index (χ3n) is 7.67. The molecule has 6 nitrogen and oxygen atoms in total. The van der Waals surface area contributed by atoms with Crippen molar-refractivity contribution in [1.82, 2.24) is 10.6 Å². The lowest BCUT2D eigenvalue weighted by Crippen LogP contribution is -2.53. The Morgan fingerprint density at radius 3 is 2.16 bits per heavy atom. The first-order valence-electron chi connectivity index (χ1n) is 12.3. The number of furan rings is 2. The molecule has 37 heavy (non-hydrogen) atoms. The van der Waals surface area contributed by atoms with E-state index in [1.807, 2.05) is 50.4 Å². The lowest BCUT2D eigenvalue weighted by Gasteiger charge is -2.40. The van der Waals surface area contributed by atoms with Gasteiger partial charge in [-0.15, -0.1) is 0 Å². The van der Waals surface area contributed by atoms with Crippen LogP contribution in [0.2, 0.25) is 0 Å². The van der Waals surface area contributed by atoms with E-state index >= 15 is 0 Å². The summed E-state index contributed by atoms with van der Waals surface area (Å²) in [5.41, 5.74) is 0.705. The number of hydrogen-bond acceptors (Lipinski definition) is 6. The topological polar surface area (TPSA) is 90.8 Å². The quantitative estimate of drug-likeness (QED) is 0.172. The minimum absolute atomic E-state index is 0.210. The van der Waals surface area contributed by atoms with Crippen LogP contribution in [0.3, 0.4) is 0 Å². The summed E-state index contributed by atoms with van der Waals surface area (Å²) in [6.07, 6.45) is 4.94. The van der Waals surface area contributed by atoms with E-state index in [9.17, 15) is 10.2 Å². The Morgan fingerprint density at radius 1 is 0.838 bits per heavy atom. The van der Waals surface area contributed by atoms with E-state index in [-0.39, 0.29) is 6.04 Å². The lowest BCUT2D eigenvalue weighted by molar-refractivity contribution is -0.00515. The number of aryl methyl sites for hydroxylation is 1. The summed E-state index contributed by atoms with van der Waals surface area (Å²) in [7, 11) is 3.54. The molecular formula is C28H33Cl3N2O4. The molecule has 0 aliphatic carbocycles. The fourth-order valence-corrected chi connectivity index (χ4v) is 5.88. The van der Waals surface area contributed by atoms with Gasteiger partial charge in [0, 0.05) is 22.9 Å². The predicted molar refractivity (Wildman–Crippen MR) is 150 cm³/mol. The van der Waals surface area contributed by atoms with Gasteiger partial charge in [-0.2, -0.15) is 0 Å². The van der Waals surface area contributed by atoms with E-state index in [4.69, 9.17) is 43.6 Å². The van der Waals surface area contributed by atoms with Crippen molar-refractivity contribution >= 4 is 56.7 Å². The van der Waals surface area contributed by atoms with Crippen LogP contribution in [0.25, 0.3) is 21.9 Å². The monoisotopic (exact) mass is 566 g/mol. The number of likely N-dealkylation sites (N-methyl/N-ethyl adjacent to an activating group) is 2. The molecule has 0 saturated carbocycles. The second-order valence-corrected chi connectivity index (χ2v) is 12.0. The van der Waals surface area contributed by atoms with Crippen LogP contribution in [0.5, 0.6) is 0 Å². The molecule has 0 bridgehead atoms. The lowest BCUT2D eigenvalue weighted by atomic mass is 9.81. The highest BCUT2D eigenvalue weighted by molar-refractivity contribution is 6.68. The second-order valence-electron chi connectivity index (χ2n) is 9.71. The van der Waals surface area contributed by atoms with Crippen molar-refractivity contribution in [1.29, 1.82) is 0 Å². The molecule has 0 spiro atoms. The predicted octanol–water partition coefficient (Wildman–Crippen LogP) is 6.16. The number of aliphatic hydroxyl groups is 2. The molecule has 0 saturated heterocycles. The molecule has 2 aromatic heterocycles. The largest absolute Gasteiger partial charge is 0.464 e. The Morgan fingerprint density at radius 2 is 1.49 bits per heavy atom. The number of hydrogen-bond donors (Lipinski definition) is 4. The average molecular weight is 568 g/mol. The van der Waals surface area contributed by atoms with Crippen molar-refractivity contribution in [3.63, 3.8) is 0 Å². The SMILES string of the molecule is CNC(C)C(O)(CCCc1cc(C(O)(C(C)NC)C(Cl)(Cl)Cl)cc2ccoc12)c1ccc2occc2c1. The highest BCUT2D eigenvalue weighted by Crippen LogP contribution is 2.48. The highest BCUT2D eigenvalue weighted by Gasteiger charge is 2.52. The molecule has 2 heterocycles. The summed E-state index contributed by atoms with van der Waals surface area (Å²) in [6.45, 7) is 3.72. The summed E-state index contributed by atoms with van der Waals surface area (Å²) in [6, 6.07) is 12.3. The standard InChI is InChI=1S/C28H33Cl3N2O4/c1-17(32-3)26(34,22-7-8-24-19(14-22)9-12-36-24)11-5-6-20-15-23(16-21-10-13-37-25(20)21)27(35,18(2)33-4)28(29,30)31/h7-10,12-18,32-35H,5-6,11H2,1-4H3. The van der Waals surface area contributed by atoms with Crippen LogP contribution in [0.4, 0.5) is 0 Å². The van der Waals surface area contributed by atoms with Crippen LogP contribution in [-0.2, 0) is 17.6 Å². The first kappa shape index (κ1) is 28.2. The Bertz CT molecular complexity index is 1360. The molecule has 2 aromatic carbocycles. The number of halogens is 3. The maximum Gasteiger partial charge on any atom is 0.224 e.